The summed E-state index contributed by atoms with van der Waals surface area (Å²) in [4.78, 5) is 13.5. The molecule has 0 amide bonds. The number of likely N-dealkylation sites (tertiary alicyclic amines) is 1. The van der Waals surface area contributed by atoms with Crippen LogP contribution < -0.4 is 5.46 Å². The Hall–Kier alpha value is -1.29. The Morgan fingerprint density at radius 3 is 2.94 bits per heavy atom. The number of carbonyl (C=O) groups is 1. The second-order valence-electron chi connectivity index (χ2n) is 4.40. The molecule has 1 aromatic rings. The summed E-state index contributed by atoms with van der Waals surface area (Å²) in [5.41, 5.74) is 2.59. The summed E-state index contributed by atoms with van der Waals surface area (Å²) in [7, 11) is 3.54. The fourth-order valence-electron chi connectivity index (χ4n) is 2.08. The van der Waals surface area contributed by atoms with Crippen molar-refractivity contribution in [3.8, 4) is 0 Å². The van der Waals surface area contributed by atoms with Gasteiger partial charge in [-0.1, -0.05) is 29.7 Å². The van der Waals surface area contributed by atoms with E-state index in [1.165, 1.54) is 18.1 Å². The number of ether oxygens (including phenoxy) is 1. The SMILES string of the molecule is Bc1cccc(CN2CC(C(=O)OC)C2)c1. The summed E-state index contributed by atoms with van der Waals surface area (Å²) in [6.45, 7) is 2.57. The first-order chi connectivity index (χ1) is 7.69. The van der Waals surface area contributed by atoms with Gasteiger partial charge in [0.15, 0.2) is 0 Å². The van der Waals surface area contributed by atoms with E-state index in [0.717, 1.165) is 19.6 Å². The lowest BCUT2D eigenvalue weighted by atomic mass is 9.93. The summed E-state index contributed by atoms with van der Waals surface area (Å²) in [5.74, 6) is -0.00435. The molecule has 0 N–H and O–H groups in total. The van der Waals surface area contributed by atoms with Crippen LogP contribution in [-0.4, -0.2) is 38.9 Å². The number of nitrogens with zero attached hydrogens (tertiary/aromatic N) is 1. The van der Waals surface area contributed by atoms with Crippen LogP contribution in [0.25, 0.3) is 0 Å². The summed E-state index contributed by atoms with van der Waals surface area (Å²) in [6, 6.07) is 8.48. The summed E-state index contributed by atoms with van der Waals surface area (Å²) < 4.78 is 4.71. The standard InChI is InChI=1S/C12H16BNO2/c1-16-12(15)10-7-14(8-10)6-9-3-2-4-11(13)5-9/h2-5,10H,6-8,13H2,1H3. The normalized spacial score (nSPS) is 16.8. The zero-order valence-electron chi connectivity index (χ0n) is 9.77. The Balaban J connectivity index is 1.84. The summed E-state index contributed by atoms with van der Waals surface area (Å²) in [6.07, 6.45) is 0. The van der Waals surface area contributed by atoms with Gasteiger partial charge < -0.3 is 4.74 Å². The van der Waals surface area contributed by atoms with Gasteiger partial charge in [0.05, 0.1) is 13.0 Å². The lowest BCUT2D eigenvalue weighted by Crippen LogP contribution is -2.50. The van der Waals surface area contributed by atoms with E-state index < -0.39 is 0 Å². The van der Waals surface area contributed by atoms with Crippen molar-refractivity contribution in [3.63, 3.8) is 0 Å². The Bertz CT molecular complexity index is 388. The molecule has 0 aromatic heterocycles. The fourth-order valence-corrected chi connectivity index (χ4v) is 2.08. The van der Waals surface area contributed by atoms with Gasteiger partial charge in [0.1, 0.15) is 7.85 Å². The maximum Gasteiger partial charge on any atom is 0.311 e. The van der Waals surface area contributed by atoms with E-state index in [9.17, 15) is 4.79 Å². The number of rotatable bonds is 3. The number of methoxy groups -OCH3 is 1. The van der Waals surface area contributed by atoms with Gasteiger partial charge in [-0.05, 0) is 5.56 Å². The first kappa shape index (κ1) is 11.2. The molecule has 2 rings (SSSR count). The molecule has 0 aliphatic carbocycles. The largest absolute Gasteiger partial charge is 0.469 e. The van der Waals surface area contributed by atoms with Gasteiger partial charge in [-0.3, -0.25) is 9.69 Å². The van der Waals surface area contributed by atoms with Crippen LogP contribution in [0.15, 0.2) is 24.3 Å². The lowest BCUT2D eigenvalue weighted by molar-refractivity contribution is -0.151. The molecular weight excluding hydrogens is 201 g/mol. The van der Waals surface area contributed by atoms with Gasteiger partial charge in [-0.2, -0.15) is 0 Å². The van der Waals surface area contributed by atoms with Crippen molar-refractivity contribution in [2.75, 3.05) is 20.2 Å². The van der Waals surface area contributed by atoms with E-state index in [1.54, 1.807) is 0 Å². The zero-order valence-corrected chi connectivity index (χ0v) is 9.77. The minimum Gasteiger partial charge on any atom is -0.469 e. The highest BCUT2D eigenvalue weighted by molar-refractivity contribution is 6.32. The molecule has 1 aliphatic rings. The van der Waals surface area contributed by atoms with E-state index in [0.29, 0.717) is 0 Å². The average Bonchev–Trinajstić information content (AvgIpc) is 2.22. The first-order valence-electron chi connectivity index (χ1n) is 5.55. The van der Waals surface area contributed by atoms with Crippen molar-refractivity contribution < 1.29 is 9.53 Å². The third-order valence-electron chi connectivity index (χ3n) is 2.98. The smallest absolute Gasteiger partial charge is 0.311 e. The molecule has 1 saturated heterocycles. The fraction of sp³-hybridized carbons (Fsp3) is 0.417. The molecule has 1 aliphatic heterocycles. The van der Waals surface area contributed by atoms with Crippen molar-refractivity contribution in [2.24, 2.45) is 5.92 Å². The third-order valence-corrected chi connectivity index (χ3v) is 2.98. The molecule has 0 saturated carbocycles. The van der Waals surface area contributed by atoms with Gasteiger partial charge in [0.25, 0.3) is 0 Å². The van der Waals surface area contributed by atoms with E-state index in [-0.39, 0.29) is 11.9 Å². The van der Waals surface area contributed by atoms with E-state index in [1.807, 2.05) is 0 Å². The molecule has 3 nitrogen and oxygen atoms in total. The molecule has 1 heterocycles. The molecule has 0 unspecified atom stereocenters. The van der Waals surface area contributed by atoms with Gasteiger partial charge >= 0.3 is 5.97 Å². The Labute approximate surface area is 96.8 Å². The second kappa shape index (κ2) is 4.70. The number of carbonyl (C=O) groups excluding carboxylic acids is 1. The minimum absolute atomic E-state index is 0.0785. The highest BCUT2D eigenvalue weighted by atomic mass is 16.5. The molecule has 0 radical (unpaired) electrons. The van der Waals surface area contributed by atoms with E-state index in [2.05, 4.69) is 37.0 Å². The molecule has 0 atom stereocenters. The molecule has 0 spiro atoms. The number of hydrogen-bond donors (Lipinski definition) is 0. The number of benzene rings is 1. The van der Waals surface area contributed by atoms with E-state index >= 15 is 0 Å². The van der Waals surface area contributed by atoms with Gasteiger partial charge in [-0.15, -0.1) is 0 Å². The summed E-state index contributed by atoms with van der Waals surface area (Å²) >= 11 is 0. The van der Waals surface area contributed by atoms with Gasteiger partial charge in [0.2, 0.25) is 0 Å². The van der Waals surface area contributed by atoms with Crippen LogP contribution in [0, 0.1) is 5.92 Å². The highest BCUT2D eigenvalue weighted by Crippen LogP contribution is 2.19. The van der Waals surface area contributed by atoms with E-state index in [4.69, 9.17) is 4.74 Å². The Morgan fingerprint density at radius 1 is 1.56 bits per heavy atom. The molecule has 1 fully saturated rings. The molecule has 0 bridgehead atoms. The molecule has 4 heteroatoms. The minimum atomic E-state index is -0.0829. The van der Waals surface area contributed by atoms with Crippen LogP contribution in [0.1, 0.15) is 5.56 Å². The first-order valence-corrected chi connectivity index (χ1v) is 5.55. The molecule has 16 heavy (non-hydrogen) atoms. The number of hydrogen-bond acceptors (Lipinski definition) is 3. The quantitative estimate of drug-likeness (QED) is 0.507. The topological polar surface area (TPSA) is 29.5 Å². The van der Waals surface area contributed by atoms with Crippen LogP contribution in [0.5, 0.6) is 0 Å². The van der Waals surface area contributed by atoms with Crippen LogP contribution in [0.2, 0.25) is 0 Å². The second-order valence-corrected chi connectivity index (χ2v) is 4.40. The zero-order chi connectivity index (χ0) is 11.5. The predicted molar refractivity (Wildman–Crippen MR) is 65.4 cm³/mol. The monoisotopic (exact) mass is 217 g/mol. The average molecular weight is 217 g/mol. The third kappa shape index (κ3) is 2.45. The van der Waals surface area contributed by atoms with Crippen LogP contribution in [-0.2, 0) is 16.1 Å². The van der Waals surface area contributed by atoms with Gasteiger partial charge in [-0.25, -0.2) is 0 Å². The van der Waals surface area contributed by atoms with Crippen LogP contribution >= 0.6 is 0 Å². The summed E-state index contributed by atoms with van der Waals surface area (Å²) in [5, 5.41) is 0. The van der Waals surface area contributed by atoms with Gasteiger partial charge in [0, 0.05) is 19.6 Å². The van der Waals surface area contributed by atoms with Crippen molar-refractivity contribution in [1.29, 1.82) is 0 Å². The highest BCUT2D eigenvalue weighted by Gasteiger charge is 2.32. The lowest BCUT2D eigenvalue weighted by Gasteiger charge is -2.37. The van der Waals surface area contributed by atoms with Crippen molar-refractivity contribution in [2.45, 2.75) is 6.54 Å². The van der Waals surface area contributed by atoms with Crippen LogP contribution in [0.3, 0.4) is 0 Å². The maximum atomic E-state index is 11.2. The van der Waals surface area contributed by atoms with Crippen molar-refractivity contribution in [3.05, 3.63) is 29.8 Å². The maximum absolute atomic E-state index is 11.2. The molecule has 1 aromatic carbocycles. The number of esters is 1. The Morgan fingerprint density at radius 2 is 2.31 bits per heavy atom. The Kier molecular flexibility index (Phi) is 3.29. The molecule has 84 valence electrons. The predicted octanol–water partition coefficient (Wildman–Crippen LogP) is -0.450. The molecular formula is C12H16BNO2. The van der Waals surface area contributed by atoms with Crippen molar-refractivity contribution in [1.82, 2.24) is 4.90 Å². The van der Waals surface area contributed by atoms with Crippen LogP contribution in [0.4, 0.5) is 0 Å². The van der Waals surface area contributed by atoms with Crippen molar-refractivity contribution >= 4 is 19.3 Å².